The molecule has 0 saturated carbocycles. The SMILES string of the molecule is COCCNC(=O)CNCCCCCC(=O)O. The lowest BCUT2D eigenvalue weighted by atomic mass is 10.2. The van der Waals surface area contributed by atoms with E-state index in [0.29, 0.717) is 26.1 Å². The van der Waals surface area contributed by atoms with Gasteiger partial charge in [-0.1, -0.05) is 6.42 Å². The van der Waals surface area contributed by atoms with Gasteiger partial charge in [-0.2, -0.15) is 0 Å². The number of hydrogen-bond donors (Lipinski definition) is 3. The van der Waals surface area contributed by atoms with Gasteiger partial charge in [-0.3, -0.25) is 9.59 Å². The van der Waals surface area contributed by atoms with Crippen molar-refractivity contribution in [2.24, 2.45) is 0 Å². The Morgan fingerprint density at radius 1 is 1.18 bits per heavy atom. The molecule has 0 rings (SSSR count). The van der Waals surface area contributed by atoms with Crippen molar-refractivity contribution in [1.82, 2.24) is 10.6 Å². The number of hydrogen-bond acceptors (Lipinski definition) is 4. The summed E-state index contributed by atoms with van der Waals surface area (Å²) in [6.45, 7) is 2.07. The standard InChI is InChI=1S/C11H22N2O4/c1-17-8-7-13-10(14)9-12-6-4-2-3-5-11(15)16/h12H,2-9H2,1H3,(H,13,14)(H,15,16). The smallest absolute Gasteiger partial charge is 0.303 e. The summed E-state index contributed by atoms with van der Waals surface area (Å²) in [4.78, 5) is 21.4. The molecule has 100 valence electrons. The zero-order valence-electron chi connectivity index (χ0n) is 10.3. The third-order valence-corrected chi connectivity index (χ3v) is 2.16. The van der Waals surface area contributed by atoms with E-state index in [-0.39, 0.29) is 12.3 Å². The molecule has 0 aromatic rings. The second kappa shape index (κ2) is 11.3. The number of amides is 1. The summed E-state index contributed by atoms with van der Waals surface area (Å²) < 4.78 is 4.80. The summed E-state index contributed by atoms with van der Waals surface area (Å²) >= 11 is 0. The summed E-state index contributed by atoms with van der Waals surface area (Å²) in [6.07, 6.45) is 2.66. The van der Waals surface area contributed by atoms with Gasteiger partial charge in [0.15, 0.2) is 0 Å². The van der Waals surface area contributed by atoms with Gasteiger partial charge in [0.25, 0.3) is 0 Å². The number of carbonyl (C=O) groups is 2. The highest BCUT2D eigenvalue weighted by atomic mass is 16.5. The number of ether oxygens (including phenoxy) is 1. The molecule has 0 aliphatic rings. The van der Waals surface area contributed by atoms with Crippen LogP contribution in [-0.4, -0.2) is 50.3 Å². The van der Waals surface area contributed by atoms with Crippen molar-refractivity contribution >= 4 is 11.9 Å². The fraction of sp³-hybridized carbons (Fsp3) is 0.818. The number of carboxylic acid groups (broad SMARTS) is 1. The summed E-state index contributed by atoms with van der Waals surface area (Å²) in [6, 6.07) is 0. The molecule has 0 bridgehead atoms. The number of rotatable bonds is 11. The van der Waals surface area contributed by atoms with Crippen LogP contribution in [0.15, 0.2) is 0 Å². The molecular formula is C11H22N2O4. The Hall–Kier alpha value is -1.14. The highest BCUT2D eigenvalue weighted by Gasteiger charge is 1.99. The summed E-state index contributed by atoms with van der Waals surface area (Å²) in [5, 5.41) is 14.1. The number of carboxylic acids is 1. The Morgan fingerprint density at radius 3 is 2.59 bits per heavy atom. The maximum absolute atomic E-state index is 11.2. The summed E-state index contributed by atoms with van der Waals surface area (Å²) in [5.41, 5.74) is 0. The predicted octanol–water partition coefficient (Wildman–Crippen LogP) is -0.0164. The van der Waals surface area contributed by atoms with Crippen LogP contribution in [0.1, 0.15) is 25.7 Å². The van der Waals surface area contributed by atoms with Crippen molar-refractivity contribution < 1.29 is 19.4 Å². The number of methoxy groups -OCH3 is 1. The molecule has 1 amide bonds. The molecule has 0 heterocycles. The van der Waals surface area contributed by atoms with Crippen LogP contribution in [-0.2, 0) is 14.3 Å². The molecule has 0 fully saturated rings. The van der Waals surface area contributed by atoms with E-state index in [4.69, 9.17) is 9.84 Å². The first-order valence-electron chi connectivity index (χ1n) is 5.85. The minimum atomic E-state index is -0.754. The number of nitrogens with one attached hydrogen (secondary N) is 2. The van der Waals surface area contributed by atoms with E-state index in [1.807, 2.05) is 0 Å². The third-order valence-electron chi connectivity index (χ3n) is 2.16. The largest absolute Gasteiger partial charge is 0.481 e. The molecule has 0 aromatic carbocycles. The average Bonchev–Trinajstić information content (AvgIpc) is 2.28. The van der Waals surface area contributed by atoms with Gasteiger partial charge in [-0.25, -0.2) is 0 Å². The van der Waals surface area contributed by atoms with Gasteiger partial charge >= 0.3 is 5.97 Å². The second-order valence-electron chi connectivity index (χ2n) is 3.72. The average molecular weight is 246 g/mol. The molecule has 0 aliphatic carbocycles. The Kier molecular flexibility index (Phi) is 10.6. The first-order chi connectivity index (χ1) is 8.16. The molecule has 6 heteroatoms. The van der Waals surface area contributed by atoms with E-state index in [1.54, 1.807) is 7.11 Å². The van der Waals surface area contributed by atoms with Crippen molar-refractivity contribution in [2.45, 2.75) is 25.7 Å². The van der Waals surface area contributed by atoms with E-state index >= 15 is 0 Å². The zero-order valence-corrected chi connectivity index (χ0v) is 10.3. The molecule has 17 heavy (non-hydrogen) atoms. The number of aliphatic carboxylic acids is 1. The lowest BCUT2D eigenvalue weighted by molar-refractivity contribution is -0.137. The van der Waals surface area contributed by atoms with Crippen molar-refractivity contribution in [3.05, 3.63) is 0 Å². The molecule has 0 unspecified atom stereocenters. The van der Waals surface area contributed by atoms with Gasteiger partial charge in [0, 0.05) is 20.1 Å². The van der Waals surface area contributed by atoms with Gasteiger partial charge in [0.2, 0.25) is 5.91 Å². The van der Waals surface area contributed by atoms with Gasteiger partial charge in [-0.05, 0) is 19.4 Å². The summed E-state index contributed by atoms with van der Waals surface area (Å²) in [5.74, 6) is -0.803. The van der Waals surface area contributed by atoms with Gasteiger partial charge in [0.1, 0.15) is 0 Å². The first-order valence-corrected chi connectivity index (χ1v) is 5.85. The van der Waals surface area contributed by atoms with E-state index in [0.717, 1.165) is 19.4 Å². The van der Waals surface area contributed by atoms with Crippen LogP contribution >= 0.6 is 0 Å². The van der Waals surface area contributed by atoms with Crippen LogP contribution < -0.4 is 10.6 Å². The maximum atomic E-state index is 11.2. The number of unbranched alkanes of at least 4 members (excludes halogenated alkanes) is 2. The van der Waals surface area contributed by atoms with Crippen LogP contribution in [0.2, 0.25) is 0 Å². The highest BCUT2D eigenvalue weighted by Crippen LogP contribution is 1.98. The zero-order chi connectivity index (χ0) is 12.9. The molecule has 0 aromatic heterocycles. The molecule has 0 radical (unpaired) electrons. The molecule has 0 saturated heterocycles. The van der Waals surface area contributed by atoms with E-state index in [1.165, 1.54) is 0 Å². The van der Waals surface area contributed by atoms with Gasteiger partial charge in [-0.15, -0.1) is 0 Å². The van der Waals surface area contributed by atoms with Crippen LogP contribution in [0, 0.1) is 0 Å². The first kappa shape index (κ1) is 15.9. The second-order valence-corrected chi connectivity index (χ2v) is 3.72. The molecule has 3 N–H and O–H groups in total. The van der Waals surface area contributed by atoms with Crippen molar-refractivity contribution in [3.63, 3.8) is 0 Å². The monoisotopic (exact) mass is 246 g/mol. The quantitative estimate of drug-likeness (QED) is 0.446. The van der Waals surface area contributed by atoms with Crippen molar-refractivity contribution in [1.29, 1.82) is 0 Å². The molecular weight excluding hydrogens is 224 g/mol. The van der Waals surface area contributed by atoms with Crippen LogP contribution in [0.4, 0.5) is 0 Å². The normalized spacial score (nSPS) is 10.2. The lowest BCUT2D eigenvalue weighted by Crippen LogP contribution is -2.35. The molecule has 6 nitrogen and oxygen atoms in total. The summed E-state index contributed by atoms with van der Waals surface area (Å²) in [7, 11) is 1.58. The Balaban J connectivity index is 3.16. The molecule has 0 aliphatic heterocycles. The third kappa shape index (κ3) is 12.8. The van der Waals surface area contributed by atoms with Gasteiger partial charge < -0.3 is 20.5 Å². The van der Waals surface area contributed by atoms with E-state index in [2.05, 4.69) is 10.6 Å². The Bertz CT molecular complexity index is 222. The lowest BCUT2D eigenvalue weighted by Gasteiger charge is -2.05. The van der Waals surface area contributed by atoms with E-state index in [9.17, 15) is 9.59 Å². The van der Waals surface area contributed by atoms with Crippen molar-refractivity contribution in [2.75, 3.05) is 33.4 Å². The topological polar surface area (TPSA) is 87.7 Å². The van der Waals surface area contributed by atoms with Crippen LogP contribution in [0.5, 0.6) is 0 Å². The Labute approximate surface area is 102 Å². The molecule has 0 spiro atoms. The number of carbonyl (C=O) groups excluding carboxylic acids is 1. The van der Waals surface area contributed by atoms with E-state index < -0.39 is 5.97 Å². The minimum absolute atomic E-state index is 0.0485. The predicted molar refractivity (Wildman–Crippen MR) is 63.9 cm³/mol. The van der Waals surface area contributed by atoms with Crippen LogP contribution in [0.3, 0.4) is 0 Å². The van der Waals surface area contributed by atoms with Gasteiger partial charge in [0.05, 0.1) is 13.2 Å². The van der Waals surface area contributed by atoms with Crippen LogP contribution in [0.25, 0.3) is 0 Å². The Morgan fingerprint density at radius 2 is 1.94 bits per heavy atom. The fourth-order valence-corrected chi connectivity index (χ4v) is 1.26. The molecule has 0 atom stereocenters. The maximum Gasteiger partial charge on any atom is 0.303 e. The van der Waals surface area contributed by atoms with Crippen molar-refractivity contribution in [3.8, 4) is 0 Å². The fourth-order valence-electron chi connectivity index (χ4n) is 1.26. The minimum Gasteiger partial charge on any atom is -0.481 e. The highest BCUT2D eigenvalue weighted by molar-refractivity contribution is 5.77.